The summed E-state index contributed by atoms with van der Waals surface area (Å²) in [5.74, 6) is -1.97. The van der Waals surface area contributed by atoms with Gasteiger partial charge in [0.2, 0.25) is 0 Å². The summed E-state index contributed by atoms with van der Waals surface area (Å²) in [4.78, 5) is 11.4. The Morgan fingerprint density at radius 3 is 2.65 bits per heavy atom. The molecule has 1 heterocycles. The Hall–Kier alpha value is -2.85. The predicted octanol–water partition coefficient (Wildman–Crippen LogP) is 1.94. The van der Waals surface area contributed by atoms with Crippen LogP contribution in [0.4, 0.5) is 5.69 Å². The number of carboxylic acids is 1. The number of carbonyl (C=O) groups is 1. The average molecular weight is 328 g/mol. The topological polar surface area (TPSA) is 98.5 Å². The number of nitriles is 1. The zero-order valence-corrected chi connectivity index (χ0v) is 12.7. The molecular weight excluding hydrogens is 316 g/mol. The van der Waals surface area contributed by atoms with Crippen molar-refractivity contribution in [2.24, 2.45) is 0 Å². The molecule has 6 nitrogen and oxygen atoms in total. The van der Waals surface area contributed by atoms with Crippen molar-refractivity contribution in [2.75, 3.05) is 10.8 Å². The maximum absolute atomic E-state index is 12.9. The maximum Gasteiger partial charge on any atom is 0.312 e. The molecule has 0 fully saturated rings. The first-order chi connectivity index (χ1) is 10.9. The monoisotopic (exact) mass is 328 g/mol. The van der Waals surface area contributed by atoms with Crippen LogP contribution in [0, 0.1) is 11.3 Å². The first-order valence-corrected chi connectivity index (χ1v) is 8.24. The van der Waals surface area contributed by atoms with E-state index in [1.54, 1.807) is 24.3 Å². The third-order valence-electron chi connectivity index (χ3n) is 3.78. The van der Waals surface area contributed by atoms with Crippen molar-refractivity contribution in [2.45, 2.75) is 10.8 Å². The molecule has 0 saturated carbocycles. The van der Waals surface area contributed by atoms with Crippen LogP contribution in [-0.4, -0.2) is 26.0 Å². The highest BCUT2D eigenvalue weighted by atomic mass is 32.2. The normalized spacial score (nSPS) is 16.7. The van der Waals surface area contributed by atoms with E-state index < -0.39 is 21.9 Å². The lowest BCUT2D eigenvalue weighted by atomic mass is 10.0. The fourth-order valence-corrected chi connectivity index (χ4v) is 4.22. The van der Waals surface area contributed by atoms with Crippen LogP contribution in [0.15, 0.2) is 53.4 Å². The Balaban J connectivity index is 2.11. The average Bonchev–Trinajstić information content (AvgIpc) is 2.95. The molecule has 7 heteroatoms. The molecule has 2 aromatic carbocycles. The fraction of sp³-hybridized carbons (Fsp3) is 0.125. The Morgan fingerprint density at radius 2 is 1.96 bits per heavy atom. The minimum absolute atomic E-state index is 0.0302. The van der Waals surface area contributed by atoms with E-state index in [9.17, 15) is 18.3 Å². The number of para-hydroxylation sites is 1. The van der Waals surface area contributed by atoms with E-state index in [4.69, 9.17) is 5.26 Å². The largest absolute Gasteiger partial charge is 0.481 e. The van der Waals surface area contributed by atoms with Crippen LogP contribution >= 0.6 is 0 Å². The van der Waals surface area contributed by atoms with Gasteiger partial charge in [0.1, 0.15) is 5.92 Å². The van der Waals surface area contributed by atoms with Crippen molar-refractivity contribution in [1.29, 1.82) is 5.26 Å². The van der Waals surface area contributed by atoms with Gasteiger partial charge in [-0.3, -0.25) is 9.10 Å². The van der Waals surface area contributed by atoms with E-state index in [1.807, 2.05) is 6.07 Å². The van der Waals surface area contributed by atoms with E-state index in [2.05, 4.69) is 0 Å². The van der Waals surface area contributed by atoms with Gasteiger partial charge in [-0.15, -0.1) is 0 Å². The molecule has 2 aromatic rings. The van der Waals surface area contributed by atoms with Crippen LogP contribution in [-0.2, 0) is 14.8 Å². The standard InChI is InChI=1S/C16H12N2O4S/c17-9-11-4-3-5-12(8-11)23(21,22)18-10-14(16(19)20)13-6-1-2-7-15(13)18/h1-8,14H,10H2,(H,19,20). The van der Waals surface area contributed by atoms with Crippen molar-refractivity contribution in [3.05, 3.63) is 59.7 Å². The number of fused-ring (bicyclic) bond motifs is 1. The molecule has 0 spiro atoms. The molecule has 0 aromatic heterocycles. The number of hydrogen-bond donors (Lipinski definition) is 1. The summed E-state index contributed by atoms with van der Waals surface area (Å²) in [6.45, 7) is -0.159. The van der Waals surface area contributed by atoms with Gasteiger partial charge < -0.3 is 5.11 Å². The van der Waals surface area contributed by atoms with Crippen LogP contribution in [0.1, 0.15) is 17.0 Å². The van der Waals surface area contributed by atoms with Gasteiger partial charge in [-0.25, -0.2) is 8.42 Å². The third-order valence-corrected chi connectivity index (χ3v) is 5.55. The zero-order valence-electron chi connectivity index (χ0n) is 11.9. The van der Waals surface area contributed by atoms with Gasteiger partial charge >= 0.3 is 5.97 Å². The summed E-state index contributed by atoms with van der Waals surface area (Å²) in [5.41, 5.74) is 1.07. The maximum atomic E-state index is 12.9. The smallest absolute Gasteiger partial charge is 0.312 e. The molecule has 1 N–H and O–H groups in total. The molecule has 0 bridgehead atoms. The molecule has 1 aliphatic rings. The molecule has 116 valence electrons. The Bertz CT molecular complexity index is 931. The van der Waals surface area contributed by atoms with Crippen LogP contribution in [0.2, 0.25) is 0 Å². The minimum Gasteiger partial charge on any atom is -0.481 e. The van der Waals surface area contributed by atoms with Crippen LogP contribution in [0.25, 0.3) is 0 Å². The van der Waals surface area contributed by atoms with Gasteiger partial charge in [-0.05, 0) is 29.8 Å². The van der Waals surface area contributed by atoms with Crippen LogP contribution in [0.3, 0.4) is 0 Å². The van der Waals surface area contributed by atoms with Crippen molar-refractivity contribution >= 4 is 21.7 Å². The van der Waals surface area contributed by atoms with E-state index in [0.29, 0.717) is 11.3 Å². The third kappa shape index (κ3) is 2.43. The molecule has 0 saturated heterocycles. The molecule has 0 radical (unpaired) electrons. The lowest BCUT2D eigenvalue weighted by Crippen LogP contribution is -2.31. The summed E-state index contributed by atoms with van der Waals surface area (Å²) in [6.07, 6.45) is 0. The highest BCUT2D eigenvalue weighted by molar-refractivity contribution is 7.92. The number of rotatable bonds is 3. The highest BCUT2D eigenvalue weighted by Gasteiger charge is 2.39. The molecule has 0 aliphatic carbocycles. The van der Waals surface area contributed by atoms with Gasteiger partial charge in [0.15, 0.2) is 0 Å². The number of benzene rings is 2. The van der Waals surface area contributed by atoms with Gasteiger partial charge in [0, 0.05) is 0 Å². The summed E-state index contributed by atoms with van der Waals surface area (Å²) in [6, 6.07) is 14.1. The summed E-state index contributed by atoms with van der Waals surface area (Å²) in [7, 11) is -3.93. The second-order valence-electron chi connectivity index (χ2n) is 5.13. The van der Waals surface area contributed by atoms with Crippen LogP contribution in [0.5, 0.6) is 0 Å². The van der Waals surface area contributed by atoms with Crippen molar-refractivity contribution in [3.8, 4) is 6.07 Å². The van der Waals surface area contributed by atoms with Gasteiger partial charge in [-0.2, -0.15) is 5.26 Å². The van der Waals surface area contributed by atoms with Crippen molar-refractivity contribution < 1.29 is 18.3 Å². The molecule has 3 rings (SSSR count). The first kappa shape index (κ1) is 15.1. The van der Waals surface area contributed by atoms with E-state index >= 15 is 0 Å². The highest BCUT2D eigenvalue weighted by Crippen LogP contribution is 2.39. The summed E-state index contributed by atoms with van der Waals surface area (Å²) in [5, 5.41) is 18.3. The van der Waals surface area contributed by atoms with Gasteiger partial charge in [0.05, 0.1) is 28.8 Å². The first-order valence-electron chi connectivity index (χ1n) is 6.80. The Labute approximate surface area is 133 Å². The quantitative estimate of drug-likeness (QED) is 0.928. The molecular formula is C16H12N2O4S. The molecule has 0 amide bonds. The lowest BCUT2D eigenvalue weighted by Gasteiger charge is -2.19. The predicted molar refractivity (Wildman–Crippen MR) is 82.5 cm³/mol. The Morgan fingerprint density at radius 1 is 1.22 bits per heavy atom. The number of aliphatic carboxylic acids is 1. The van der Waals surface area contributed by atoms with E-state index in [0.717, 1.165) is 4.31 Å². The van der Waals surface area contributed by atoms with Crippen molar-refractivity contribution in [3.63, 3.8) is 0 Å². The van der Waals surface area contributed by atoms with E-state index in [-0.39, 0.29) is 17.0 Å². The second kappa shape index (κ2) is 5.41. The molecule has 1 unspecified atom stereocenters. The van der Waals surface area contributed by atoms with Crippen molar-refractivity contribution in [1.82, 2.24) is 0 Å². The number of nitrogens with zero attached hydrogens (tertiary/aromatic N) is 2. The van der Waals surface area contributed by atoms with Crippen LogP contribution < -0.4 is 4.31 Å². The molecule has 23 heavy (non-hydrogen) atoms. The molecule has 1 aliphatic heterocycles. The van der Waals surface area contributed by atoms with E-state index in [1.165, 1.54) is 24.3 Å². The fourth-order valence-electron chi connectivity index (χ4n) is 2.66. The summed E-state index contributed by atoms with van der Waals surface area (Å²) < 4.78 is 26.8. The SMILES string of the molecule is N#Cc1cccc(S(=O)(=O)N2CC(C(=O)O)c3ccccc32)c1. The minimum atomic E-state index is -3.93. The van der Waals surface area contributed by atoms with Gasteiger partial charge in [-0.1, -0.05) is 24.3 Å². The zero-order chi connectivity index (χ0) is 16.6. The summed E-state index contributed by atoms with van der Waals surface area (Å²) >= 11 is 0. The lowest BCUT2D eigenvalue weighted by molar-refractivity contribution is -0.138. The number of hydrogen-bond acceptors (Lipinski definition) is 4. The van der Waals surface area contributed by atoms with Gasteiger partial charge in [0.25, 0.3) is 10.0 Å². The second-order valence-corrected chi connectivity index (χ2v) is 6.99. The Kier molecular flexibility index (Phi) is 3.54. The number of sulfonamides is 1. The molecule has 1 atom stereocenters. The number of anilines is 1. The number of carboxylic acid groups (broad SMARTS) is 1.